The molecule has 0 aliphatic carbocycles. The molecule has 3 amide bonds. The van der Waals surface area contributed by atoms with Crippen LogP contribution in [0.15, 0.2) is 36.5 Å². The first kappa shape index (κ1) is 27.0. The van der Waals surface area contributed by atoms with E-state index in [1.54, 1.807) is 30.3 Å². The first-order chi connectivity index (χ1) is 16.8. The minimum absolute atomic E-state index is 0.0286. The number of carboxylic acid groups (broad SMARTS) is 1. The summed E-state index contributed by atoms with van der Waals surface area (Å²) >= 11 is 0. The fourth-order valence-corrected chi connectivity index (χ4v) is 4.61. The fourth-order valence-electron chi connectivity index (χ4n) is 4.61. The summed E-state index contributed by atoms with van der Waals surface area (Å²) in [7, 11) is 0. The van der Waals surface area contributed by atoms with Crippen molar-refractivity contribution in [1.82, 2.24) is 25.3 Å². The van der Waals surface area contributed by atoms with E-state index in [0.29, 0.717) is 25.1 Å². The number of carbonyl (C=O) groups is 3. The third-order valence-electron chi connectivity index (χ3n) is 6.06. The number of likely N-dealkylation sites (tertiary alicyclic amines) is 1. The van der Waals surface area contributed by atoms with Crippen LogP contribution in [0.4, 0.5) is 18.0 Å². The second-order valence-corrected chi connectivity index (χ2v) is 9.75. The number of hydrogen-bond acceptors (Lipinski definition) is 4. The summed E-state index contributed by atoms with van der Waals surface area (Å²) in [5.41, 5.74) is -2.06. The second kappa shape index (κ2) is 10.6. The molecule has 1 aromatic carbocycles. The topological polar surface area (TPSA) is 117 Å². The average Bonchev–Trinajstić information content (AvgIpc) is 3.27. The highest BCUT2D eigenvalue weighted by molar-refractivity contribution is 5.95. The molecule has 3 N–H and O–H groups in total. The van der Waals surface area contributed by atoms with E-state index in [9.17, 15) is 32.7 Å². The van der Waals surface area contributed by atoms with Gasteiger partial charge in [-0.1, -0.05) is 39.0 Å². The van der Waals surface area contributed by atoms with E-state index in [2.05, 4.69) is 15.7 Å². The second-order valence-electron chi connectivity index (χ2n) is 9.75. The number of carbonyl (C=O) groups excluding carboxylic acids is 2. The van der Waals surface area contributed by atoms with Crippen LogP contribution >= 0.6 is 0 Å². The average molecular weight is 510 g/mol. The molecule has 2 atom stereocenters. The molecule has 36 heavy (non-hydrogen) atoms. The Labute approximate surface area is 206 Å². The van der Waals surface area contributed by atoms with E-state index in [1.165, 1.54) is 4.90 Å². The zero-order chi connectivity index (χ0) is 26.7. The van der Waals surface area contributed by atoms with Crippen LogP contribution in [0.2, 0.25) is 0 Å². The number of para-hydroxylation sites is 1. The third-order valence-corrected chi connectivity index (χ3v) is 6.06. The zero-order valence-corrected chi connectivity index (χ0v) is 20.3. The number of rotatable bonds is 6. The Morgan fingerprint density at radius 3 is 2.31 bits per heavy atom. The van der Waals surface area contributed by atoms with Gasteiger partial charge in [-0.25, -0.2) is 9.48 Å². The van der Waals surface area contributed by atoms with Gasteiger partial charge in [0.15, 0.2) is 5.69 Å². The Kier molecular flexibility index (Phi) is 7.95. The molecular formula is C24H30F3N5O4. The molecule has 196 valence electrons. The van der Waals surface area contributed by atoms with E-state index >= 15 is 0 Å². The summed E-state index contributed by atoms with van der Waals surface area (Å²) in [5.74, 6) is -1.91. The molecule has 12 heteroatoms. The summed E-state index contributed by atoms with van der Waals surface area (Å²) in [6.45, 7) is 5.80. The van der Waals surface area contributed by atoms with Gasteiger partial charge in [-0.2, -0.15) is 18.3 Å². The normalized spacial score (nSPS) is 18.6. The van der Waals surface area contributed by atoms with Gasteiger partial charge < -0.3 is 20.6 Å². The van der Waals surface area contributed by atoms with Crippen LogP contribution in [0.1, 0.15) is 49.7 Å². The van der Waals surface area contributed by atoms with Crippen molar-refractivity contribution < 1.29 is 32.7 Å². The SMILES string of the molecule is CC(C)(C)C1C(C(=O)NCCNC(=O)c2cn(-c3ccccc3)nc2C(F)(F)F)CCCN1C(=O)O. The number of alkyl halides is 3. The smallest absolute Gasteiger partial charge is 0.435 e. The van der Waals surface area contributed by atoms with Gasteiger partial charge in [0.05, 0.1) is 23.2 Å². The van der Waals surface area contributed by atoms with Gasteiger partial charge in [-0.15, -0.1) is 0 Å². The maximum Gasteiger partial charge on any atom is 0.435 e. The highest BCUT2D eigenvalue weighted by atomic mass is 19.4. The Bertz CT molecular complexity index is 1100. The molecule has 2 heterocycles. The molecule has 1 saturated heterocycles. The predicted molar refractivity (Wildman–Crippen MR) is 125 cm³/mol. The Balaban J connectivity index is 1.64. The lowest BCUT2D eigenvalue weighted by Crippen LogP contribution is -2.58. The summed E-state index contributed by atoms with van der Waals surface area (Å²) in [5, 5.41) is 18.2. The van der Waals surface area contributed by atoms with Gasteiger partial charge in [0, 0.05) is 25.8 Å². The summed E-state index contributed by atoms with van der Waals surface area (Å²) < 4.78 is 41.5. The van der Waals surface area contributed by atoms with Crippen LogP contribution in [-0.2, 0) is 11.0 Å². The van der Waals surface area contributed by atoms with Crippen molar-refractivity contribution in [2.24, 2.45) is 11.3 Å². The van der Waals surface area contributed by atoms with Crippen LogP contribution in [-0.4, -0.2) is 63.4 Å². The minimum Gasteiger partial charge on any atom is -0.465 e. The molecule has 0 saturated carbocycles. The fraction of sp³-hybridized carbons (Fsp3) is 0.500. The number of nitrogens with zero attached hydrogens (tertiary/aromatic N) is 3. The minimum atomic E-state index is -4.83. The van der Waals surface area contributed by atoms with Crippen LogP contribution < -0.4 is 10.6 Å². The van der Waals surface area contributed by atoms with E-state index in [0.717, 1.165) is 10.9 Å². The van der Waals surface area contributed by atoms with Crippen LogP contribution in [0.25, 0.3) is 5.69 Å². The first-order valence-corrected chi connectivity index (χ1v) is 11.6. The molecule has 1 aliphatic heterocycles. The zero-order valence-electron chi connectivity index (χ0n) is 20.3. The summed E-state index contributed by atoms with van der Waals surface area (Å²) in [4.78, 5) is 38.4. The predicted octanol–water partition coefficient (Wildman–Crippen LogP) is 3.54. The Hall–Kier alpha value is -3.57. The molecule has 0 bridgehead atoms. The number of piperidine rings is 1. The largest absolute Gasteiger partial charge is 0.465 e. The van der Waals surface area contributed by atoms with Crippen molar-refractivity contribution >= 4 is 17.9 Å². The van der Waals surface area contributed by atoms with Crippen molar-refractivity contribution in [1.29, 1.82) is 0 Å². The molecule has 0 radical (unpaired) electrons. The molecule has 2 aromatic rings. The number of aromatic nitrogens is 2. The van der Waals surface area contributed by atoms with Gasteiger partial charge in [0.1, 0.15) is 0 Å². The van der Waals surface area contributed by atoms with Gasteiger partial charge >= 0.3 is 12.3 Å². The van der Waals surface area contributed by atoms with Gasteiger partial charge in [-0.3, -0.25) is 9.59 Å². The Morgan fingerprint density at radius 1 is 1.08 bits per heavy atom. The van der Waals surface area contributed by atoms with Gasteiger partial charge in [0.2, 0.25) is 5.91 Å². The molecule has 3 rings (SSSR count). The van der Waals surface area contributed by atoms with E-state index in [1.807, 2.05) is 20.8 Å². The van der Waals surface area contributed by atoms with Crippen molar-refractivity contribution in [2.75, 3.05) is 19.6 Å². The van der Waals surface area contributed by atoms with Gasteiger partial charge in [0.25, 0.3) is 5.91 Å². The maximum atomic E-state index is 13.5. The first-order valence-electron chi connectivity index (χ1n) is 11.6. The van der Waals surface area contributed by atoms with E-state index < -0.39 is 46.8 Å². The monoisotopic (exact) mass is 509 g/mol. The lowest BCUT2D eigenvalue weighted by atomic mass is 9.73. The molecule has 1 fully saturated rings. The quantitative estimate of drug-likeness (QED) is 0.515. The Morgan fingerprint density at radius 2 is 1.72 bits per heavy atom. The highest BCUT2D eigenvalue weighted by Gasteiger charge is 2.44. The van der Waals surface area contributed by atoms with Crippen molar-refractivity contribution in [3.05, 3.63) is 47.8 Å². The standard InChI is InChI=1S/C24H30F3N5O4/c1-23(2,3)19-16(10-7-13-31(19)22(35)36)20(33)28-11-12-29-21(34)17-14-32(15-8-5-4-6-9-15)30-18(17)24(25,26)27/h4-6,8-9,14,16,19H,7,10-13H2,1-3H3,(H,28,33)(H,29,34)(H,35,36). The molecule has 0 spiro atoms. The van der Waals surface area contributed by atoms with Crippen molar-refractivity contribution in [3.63, 3.8) is 0 Å². The third kappa shape index (κ3) is 6.16. The number of benzene rings is 1. The van der Waals surface area contributed by atoms with Crippen LogP contribution in [0.3, 0.4) is 0 Å². The molecule has 2 unspecified atom stereocenters. The lowest BCUT2D eigenvalue weighted by molar-refractivity contribution is -0.141. The summed E-state index contributed by atoms with van der Waals surface area (Å²) in [6, 6.07) is 7.57. The molecular weight excluding hydrogens is 479 g/mol. The lowest BCUT2D eigenvalue weighted by Gasteiger charge is -2.46. The number of halogens is 3. The van der Waals surface area contributed by atoms with E-state index in [4.69, 9.17) is 0 Å². The summed E-state index contributed by atoms with van der Waals surface area (Å²) in [6.07, 6.45) is -3.85. The number of amides is 3. The van der Waals surface area contributed by atoms with Crippen molar-refractivity contribution in [2.45, 2.75) is 45.8 Å². The highest BCUT2D eigenvalue weighted by Crippen LogP contribution is 2.36. The van der Waals surface area contributed by atoms with Crippen LogP contribution in [0, 0.1) is 11.3 Å². The van der Waals surface area contributed by atoms with E-state index in [-0.39, 0.29) is 19.0 Å². The molecule has 9 nitrogen and oxygen atoms in total. The van der Waals surface area contributed by atoms with Gasteiger partial charge in [-0.05, 0) is 30.4 Å². The van der Waals surface area contributed by atoms with Crippen LogP contribution in [0.5, 0.6) is 0 Å². The number of hydrogen-bond donors (Lipinski definition) is 3. The molecule has 1 aromatic heterocycles. The number of nitrogens with one attached hydrogen (secondary N) is 2. The molecule has 1 aliphatic rings. The maximum absolute atomic E-state index is 13.5. The van der Waals surface area contributed by atoms with Crippen molar-refractivity contribution in [3.8, 4) is 5.69 Å².